The molecule has 0 spiro atoms. The number of likely N-dealkylation sites (N-methyl/N-ethyl adjacent to an activating group) is 1. The molecule has 0 atom stereocenters. The molecule has 2 aromatic carbocycles. The van der Waals surface area contributed by atoms with E-state index >= 15 is 0 Å². The summed E-state index contributed by atoms with van der Waals surface area (Å²) in [6, 6.07) is 13.3. The maximum Gasteiger partial charge on any atom is 0.253 e. The molecule has 3 aromatic rings. The summed E-state index contributed by atoms with van der Waals surface area (Å²) in [5, 5.41) is 9.53. The lowest BCUT2D eigenvalue weighted by atomic mass is 10.1. The Hall–Kier alpha value is -3.48. The van der Waals surface area contributed by atoms with Crippen LogP contribution in [0.3, 0.4) is 0 Å². The smallest absolute Gasteiger partial charge is 0.253 e. The van der Waals surface area contributed by atoms with E-state index in [0.29, 0.717) is 36.4 Å². The van der Waals surface area contributed by atoms with Crippen molar-refractivity contribution in [1.29, 1.82) is 0 Å². The maximum atomic E-state index is 12.1. The average Bonchev–Trinajstić information content (AvgIpc) is 2.71. The Bertz CT molecular complexity index is 1000. The van der Waals surface area contributed by atoms with Crippen LogP contribution in [-0.2, 0) is 17.8 Å². The monoisotopic (exact) mass is 377 g/mol. The van der Waals surface area contributed by atoms with Gasteiger partial charge in [-0.15, -0.1) is 0 Å². The molecule has 0 unspecified atom stereocenters. The molecule has 0 bridgehead atoms. The third-order valence-corrected chi connectivity index (χ3v) is 4.33. The molecule has 1 aromatic heterocycles. The first-order chi connectivity index (χ1) is 13.6. The van der Waals surface area contributed by atoms with Gasteiger partial charge >= 0.3 is 0 Å². The Morgan fingerprint density at radius 3 is 2.61 bits per heavy atom. The highest BCUT2D eigenvalue weighted by atomic mass is 16.2. The Kier molecular flexibility index (Phi) is 6.16. The zero-order valence-corrected chi connectivity index (χ0v) is 16.0. The number of hydrogen-bond acceptors (Lipinski definition) is 5. The molecule has 0 aliphatic heterocycles. The maximum absolute atomic E-state index is 12.1. The van der Waals surface area contributed by atoms with Gasteiger partial charge in [0.25, 0.3) is 5.91 Å². The quantitative estimate of drug-likeness (QED) is 0.587. The number of fused-ring (bicyclic) bond motifs is 1. The highest BCUT2D eigenvalue weighted by Gasteiger charge is 2.12. The van der Waals surface area contributed by atoms with Crippen LogP contribution in [-0.4, -0.2) is 35.4 Å². The fourth-order valence-electron chi connectivity index (χ4n) is 3.03. The van der Waals surface area contributed by atoms with E-state index < -0.39 is 0 Å². The second kappa shape index (κ2) is 8.94. The summed E-state index contributed by atoms with van der Waals surface area (Å²) < 4.78 is 0. The number of anilines is 1. The molecule has 28 heavy (non-hydrogen) atoms. The molecule has 0 saturated heterocycles. The molecule has 7 nitrogen and oxygen atoms in total. The minimum Gasteiger partial charge on any atom is -0.365 e. The topological polar surface area (TPSA) is 96.0 Å². The summed E-state index contributed by atoms with van der Waals surface area (Å²) in [6.07, 6.45) is 1.80. The molecular formula is C21H23N5O2. The standard InChI is InChI=1S/C21H23N5O2/c1-3-23-18(27)11-14-6-4-7-15(10-14)12-24-20-16-8-5-9-17(21(28)22-2)19(16)25-13-26-20/h4-10,13H,3,11-12H2,1-2H3,(H,22,28)(H,23,27)(H,24,25,26). The van der Waals surface area contributed by atoms with Crippen LogP contribution in [0.2, 0.25) is 0 Å². The second-order valence-corrected chi connectivity index (χ2v) is 6.31. The van der Waals surface area contributed by atoms with Crippen LogP contribution in [0.4, 0.5) is 5.82 Å². The van der Waals surface area contributed by atoms with Gasteiger partial charge < -0.3 is 16.0 Å². The average molecular weight is 377 g/mol. The van der Waals surface area contributed by atoms with Gasteiger partial charge in [-0.05, 0) is 30.2 Å². The lowest BCUT2D eigenvalue weighted by Gasteiger charge is -2.11. The van der Waals surface area contributed by atoms with Gasteiger partial charge in [0.15, 0.2) is 0 Å². The van der Waals surface area contributed by atoms with Gasteiger partial charge in [-0.25, -0.2) is 9.97 Å². The zero-order valence-electron chi connectivity index (χ0n) is 16.0. The molecule has 2 amide bonds. The number of rotatable bonds is 7. The van der Waals surface area contributed by atoms with E-state index in [1.807, 2.05) is 43.3 Å². The Balaban J connectivity index is 1.79. The Morgan fingerprint density at radius 2 is 1.82 bits per heavy atom. The van der Waals surface area contributed by atoms with Crippen LogP contribution >= 0.6 is 0 Å². The van der Waals surface area contributed by atoms with Gasteiger partial charge in [0, 0.05) is 25.5 Å². The normalized spacial score (nSPS) is 10.5. The number of para-hydroxylation sites is 1. The molecule has 144 valence electrons. The summed E-state index contributed by atoms with van der Waals surface area (Å²) >= 11 is 0. The van der Waals surface area contributed by atoms with Gasteiger partial charge in [0.2, 0.25) is 5.91 Å². The summed E-state index contributed by atoms with van der Waals surface area (Å²) in [5.41, 5.74) is 3.11. The highest BCUT2D eigenvalue weighted by molar-refractivity contribution is 6.07. The first-order valence-electron chi connectivity index (χ1n) is 9.16. The van der Waals surface area contributed by atoms with Crippen molar-refractivity contribution in [3.05, 3.63) is 65.5 Å². The molecule has 0 fully saturated rings. The minimum absolute atomic E-state index is 0.0103. The van der Waals surface area contributed by atoms with Crippen molar-refractivity contribution in [2.75, 3.05) is 18.9 Å². The van der Waals surface area contributed by atoms with Crippen LogP contribution in [0, 0.1) is 0 Å². The number of hydrogen-bond donors (Lipinski definition) is 3. The predicted octanol–water partition coefficient (Wildman–Crippen LogP) is 2.28. The molecule has 0 saturated carbocycles. The fourth-order valence-corrected chi connectivity index (χ4v) is 3.03. The summed E-state index contributed by atoms with van der Waals surface area (Å²) in [6.45, 7) is 3.07. The summed E-state index contributed by atoms with van der Waals surface area (Å²) in [7, 11) is 1.59. The molecule has 0 radical (unpaired) electrons. The Morgan fingerprint density at radius 1 is 1.04 bits per heavy atom. The van der Waals surface area contributed by atoms with E-state index in [9.17, 15) is 9.59 Å². The number of carbonyl (C=O) groups is 2. The van der Waals surface area contributed by atoms with Crippen LogP contribution in [0.5, 0.6) is 0 Å². The SMILES string of the molecule is CCNC(=O)Cc1cccc(CNc2ncnc3c(C(=O)NC)cccc23)c1. The second-order valence-electron chi connectivity index (χ2n) is 6.31. The summed E-state index contributed by atoms with van der Waals surface area (Å²) in [5.74, 6) is 0.481. The molecule has 0 aliphatic rings. The predicted molar refractivity (Wildman–Crippen MR) is 109 cm³/mol. The first kappa shape index (κ1) is 19.3. The molecule has 1 heterocycles. The largest absolute Gasteiger partial charge is 0.365 e. The first-order valence-corrected chi connectivity index (χ1v) is 9.16. The molecule has 3 rings (SSSR count). The van der Waals surface area contributed by atoms with E-state index in [-0.39, 0.29) is 11.8 Å². The number of nitrogens with one attached hydrogen (secondary N) is 3. The van der Waals surface area contributed by atoms with E-state index in [1.54, 1.807) is 13.1 Å². The van der Waals surface area contributed by atoms with Crippen molar-refractivity contribution in [3.8, 4) is 0 Å². The van der Waals surface area contributed by atoms with Crippen LogP contribution in [0.25, 0.3) is 10.9 Å². The third kappa shape index (κ3) is 4.43. The van der Waals surface area contributed by atoms with Gasteiger partial charge in [0.1, 0.15) is 12.1 Å². The number of carbonyl (C=O) groups excluding carboxylic acids is 2. The van der Waals surface area contributed by atoms with Gasteiger partial charge in [-0.3, -0.25) is 9.59 Å². The van der Waals surface area contributed by atoms with Crippen molar-refractivity contribution in [2.24, 2.45) is 0 Å². The van der Waals surface area contributed by atoms with Crippen molar-refractivity contribution in [1.82, 2.24) is 20.6 Å². The number of amides is 2. The molecule has 0 aliphatic carbocycles. The lowest BCUT2D eigenvalue weighted by molar-refractivity contribution is -0.120. The van der Waals surface area contributed by atoms with Crippen molar-refractivity contribution in [2.45, 2.75) is 19.9 Å². The summed E-state index contributed by atoms with van der Waals surface area (Å²) in [4.78, 5) is 32.4. The van der Waals surface area contributed by atoms with E-state index in [1.165, 1.54) is 6.33 Å². The van der Waals surface area contributed by atoms with Gasteiger partial charge in [-0.2, -0.15) is 0 Å². The molecule has 7 heteroatoms. The fraction of sp³-hybridized carbons (Fsp3) is 0.238. The van der Waals surface area contributed by atoms with E-state index in [4.69, 9.17) is 0 Å². The van der Waals surface area contributed by atoms with Crippen LogP contribution < -0.4 is 16.0 Å². The van der Waals surface area contributed by atoms with E-state index in [2.05, 4.69) is 25.9 Å². The van der Waals surface area contributed by atoms with Crippen molar-refractivity contribution >= 4 is 28.5 Å². The molecular weight excluding hydrogens is 354 g/mol. The minimum atomic E-state index is -0.187. The van der Waals surface area contributed by atoms with Crippen molar-refractivity contribution in [3.63, 3.8) is 0 Å². The molecule has 3 N–H and O–H groups in total. The number of aromatic nitrogens is 2. The van der Waals surface area contributed by atoms with Gasteiger partial charge in [0.05, 0.1) is 17.5 Å². The number of benzene rings is 2. The van der Waals surface area contributed by atoms with Crippen LogP contribution in [0.1, 0.15) is 28.4 Å². The highest BCUT2D eigenvalue weighted by Crippen LogP contribution is 2.23. The Labute approximate surface area is 163 Å². The van der Waals surface area contributed by atoms with Gasteiger partial charge in [-0.1, -0.05) is 30.3 Å². The van der Waals surface area contributed by atoms with Crippen LogP contribution in [0.15, 0.2) is 48.8 Å². The zero-order chi connectivity index (χ0) is 19.9. The lowest BCUT2D eigenvalue weighted by Crippen LogP contribution is -2.24. The van der Waals surface area contributed by atoms with Crippen molar-refractivity contribution < 1.29 is 9.59 Å². The van der Waals surface area contributed by atoms with E-state index in [0.717, 1.165) is 16.5 Å². The third-order valence-electron chi connectivity index (χ3n) is 4.33. The number of nitrogens with zero attached hydrogens (tertiary/aromatic N) is 2.